The number of anilines is 1. The Labute approximate surface area is 167 Å². The van der Waals surface area contributed by atoms with E-state index >= 15 is 0 Å². The second-order valence-electron chi connectivity index (χ2n) is 5.87. The first-order chi connectivity index (χ1) is 13.0. The zero-order valence-corrected chi connectivity index (χ0v) is 16.6. The van der Waals surface area contributed by atoms with Gasteiger partial charge in [0.2, 0.25) is 5.91 Å². The number of carbonyl (C=O) groups is 1. The SMILES string of the molecule is Cc1noc(C)c1CSCC(=O)Nc1ccccc1Oc1ccccc1Cl. The molecule has 0 aliphatic heterocycles. The highest BCUT2D eigenvalue weighted by Gasteiger charge is 2.12. The minimum absolute atomic E-state index is 0.109. The van der Waals surface area contributed by atoms with Gasteiger partial charge in [-0.05, 0) is 38.1 Å². The lowest BCUT2D eigenvalue weighted by Crippen LogP contribution is -2.14. The Morgan fingerprint density at radius 1 is 1.15 bits per heavy atom. The molecule has 0 radical (unpaired) electrons. The van der Waals surface area contributed by atoms with E-state index in [-0.39, 0.29) is 5.91 Å². The number of hydrogen-bond donors (Lipinski definition) is 1. The molecule has 7 heteroatoms. The molecular weight excluding hydrogens is 384 g/mol. The van der Waals surface area contributed by atoms with E-state index in [2.05, 4.69) is 10.5 Å². The molecule has 0 atom stereocenters. The zero-order valence-electron chi connectivity index (χ0n) is 15.0. The molecule has 0 bridgehead atoms. The van der Waals surface area contributed by atoms with Crippen molar-refractivity contribution in [3.63, 3.8) is 0 Å². The van der Waals surface area contributed by atoms with Crippen LogP contribution in [0.2, 0.25) is 5.02 Å². The molecule has 1 heterocycles. The minimum Gasteiger partial charge on any atom is -0.454 e. The number of halogens is 1. The summed E-state index contributed by atoms with van der Waals surface area (Å²) in [4.78, 5) is 12.3. The monoisotopic (exact) mass is 402 g/mol. The fourth-order valence-corrected chi connectivity index (χ4v) is 3.60. The highest BCUT2D eigenvalue weighted by Crippen LogP contribution is 2.33. The molecule has 5 nitrogen and oxygen atoms in total. The van der Waals surface area contributed by atoms with E-state index in [0.29, 0.717) is 33.7 Å². The molecule has 0 fully saturated rings. The summed E-state index contributed by atoms with van der Waals surface area (Å²) >= 11 is 7.65. The molecule has 1 N–H and O–H groups in total. The van der Waals surface area contributed by atoms with E-state index < -0.39 is 0 Å². The average Bonchev–Trinajstić information content (AvgIpc) is 2.97. The van der Waals surface area contributed by atoms with E-state index in [4.69, 9.17) is 20.9 Å². The number of nitrogens with zero attached hydrogens (tertiary/aromatic N) is 1. The van der Waals surface area contributed by atoms with E-state index in [1.807, 2.05) is 38.1 Å². The fraction of sp³-hybridized carbons (Fsp3) is 0.200. The number of para-hydroxylation sites is 3. The van der Waals surface area contributed by atoms with Crippen LogP contribution in [0.5, 0.6) is 11.5 Å². The van der Waals surface area contributed by atoms with Crippen molar-refractivity contribution in [1.29, 1.82) is 0 Å². The molecule has 0 aliphatic carbocycles. The molecule has 140 valence electrons. The summed E-state index contributed by atoms with van der Waals surface area (Å²) in [6.07, 6.45) is 0. The van der Waals surface area contributed by atoms with Crippen LogP contribution in [0.1, 0.15) is 17.0 Å². The Hall–Kier alpha value is -2.44. The number of rotatable bonds is 7. The first kappa shape index (κ1) is 19.3. The molecule has 0 aliphatic rings. The number of benzene rings is 2. The van der Waals surface area contributed by atoms with Crippen LogP contribution in [0.3, 0.4) is 0 Å². The van der Waals surface area contributed by atoms with Crippen molar-refractivity contribution in [3.8, 4) is 11.5 Å². The van der Waals surface area contributed by atoms with Gasteiger partial charge in [0.1, 0.15) is 11.5 Å². The summed E-state index contributed by atoms with van der Waals surface area (Å²) in [5.41, 5.74) is 2.49. The van der Waals surface area contributed by atoms with Crippen molar-refractivity contribution in [1.82, 2.24) is 5.16 Å². The summed E-state index contributed by atoms with van der Waals surface area (Å²) in [5.74, 6) is 2.74. The van der Waals surface area contributed by atoms with Gasteiger partial charge in [0, 0.05) is 11.3 Å². The Morgan fingerprint density at radius 2 is 1.85 bits per heavy atom. The summed E-state index contributed by atoms with van der Waals surface area (Å²) in [6.45, 7) is 3.77. The van der Waals surface area contributed by atoms with E-state index in [0.717, 1.165) is 17.0 Å². The van der Waals surface area contributed by atoms with Gasteiger partial charge in [0.15, 0.2) is 5.75 Å². The third-order valence-corrected chi connectivity index (χ3v) is 5.15. The molecule has 0 unspecified atom stereocenters. The Balaban J connectivity index is 1.60. The van der Waals surface area contributed by atoms with Gasteiger partial charge in [0.25, 0.3) is 0 Å². The Morgan fingerprint density at radius 3 is 2.56 bits per heavy atom. The maximum Gasteiger partial charge on any atom is 0.234 e. The molecular formula is C20H19ClN2O3S. The summed E-state index contributed by atoms with van der Waals surface area (Å²) in [5, 5.41) is 7.32. The molecule has 3 rings (SSSR count). The predicted molar refractivity (Wildman–Crippen MR) is 109 cm³/mol. The minimum atomic E-state index is -0.109. The highest BCUT2D eigenvalue weighted by atomic mass is 35.5. The molecule has 1 amide bonds. The maximum absolute atomic E-state index is 12.3. The Bertz CT molecular complexity index is 923. The number of hydrogen-bond acceptors (Lipinski definition) is 5. The zero-order chi connectivity index (χ0) is 19.2. The number of ether oxygens (including phenoxy) is 1. The van der Waals surface area contributed by atoms with E-state index in [1.165, 1.54) is 11.8 Å². The topological polar surface area (TPSA) is 64.4 Å². The quantitative estimate of drug-likeness (QED) is 0.556. The van der Waals surface area contributed by atoms with Gasteiger partial charge >= 0.3 is 0 Å². The van der Waals surface area contributed by atoms with Crippen LogP contribution in [-0.2, 0) is 10.5 Å². The first-order valence-corrected chi connectivity index (χ1v) is 9.88. The van der Waals surface area contributed by atoms with Crippen molar-refractivity contribution in [3.05, 3.63) is 70.6 Å². The highest BCUT2D eigenvalue weighted by molar-refractivity contribution is 7.99. The Kier molecular flexibility index (Phi) is 6.42. The van der Waals surface area contributed by atoms with Crippen molar-refractivity contribution in [2.24, 2.45) is 0 Å². The predicted octanol–water partition coefficient (Wildman–Crippen LogP) is 5.61. The summed E-state index contributed by atoms with van der Waals surface area (Å²) in [7, 11) is 0. The fourth-order valence-electron chi connectivity index (χ4n) is 2.44. The van der Waals surface area contributed by atoms with Crippen LogP contribution < -0.4 is 10.1 Å². The van der Waals surface area contributed by atoms with E-state index in [1.54, 1.807) is 24.3 Å². The molecule has 2 aromatic carbocycles. The van der Waals surface area contributed by atoms with Gasteiger partial charge in [-0.15, -0.1) is 11.8 Å². The van der Waals surface area contributed by atoms with Crippen molar-refractivity contribution >= 4 is 35.0 Å². The summed E-state index contributed by atoms with van der Waals surface area (Å²) in [6, 6.07) is 14.5. The normalized spacial score (nSPS) is 10.6. The first-order valence-electron chi connectivity index (χ1n) is 8.35. The molecule has 0 saturated carbocycles. The number of aryl methyl sites for hydroxylation is 2. The largest absolute Gasteiger partial charge is 0.454 e. The number of amides is 1. The lowest BCUT2D eigenvalue weighted by atomic mass is 10.2. The molecule has 27 heavy (non-hydrogen) atoms. The number of thioether (sulfide) groups is 1. The smallest absolute Gasteiger partial charge is 0.234 e. The average molecular weight is 403 g/mol. The number of aromatic nitrogens is 1. The van der Waals surface area contributed by atoms with Gasteiger partial charge in [0.05, 0.1) is 22.2 Å². The van der Waals surface area contributed by atoms with Gasteiger partial charge in [-0.3, -0.25) is 4.79 Å². The lowest BCUT2D eigenvalue weighted by Gasteiger charge is -2.13. The lowest BCUT2D eigenvalue weighted by molar-refractivity contribution is -0.113. The van der Waals surface area contributed by atoms with Crippen LogP contribution in [0.15, 0.2) is 53.1 Å². The van der Waals surface area contributed by atoms with Crippen molar-refractivity contribution in [2.45, 2.75) is 19.6 Å². The maximum atomic E-state index is 12.3. The number of carbonyl (C=O) groups excluding carboxylic acids is 1. The van der Waals surface area contributed by atoms with Gasteiger partial charge in [-0.25, -0.2) is 0 Å². The van der Waals surface area contributed by atoms with Crippen LogP contribution in [0.25, 0.3) is 0 Å². The van der Waals surface area contributed by atoms with Gasteiger partial charge < -0.3 is 14.6 Å². The molecule has 0 saturated heterocycles. The molecule has 1 aromatic heterocycles. The molecule has 0 spiro atoms. The van der Waals surface area contributed by atoms with Crippen LogP contribution in [0.4, 0.5) is 5.69 Å². The van der Waals surface area contributed by atoms with Gasteiger partial charge in [-0.1, -0.05) is 41.0 Å². The van der Waals surface area contributed by atoms with E-state index in [9.17, 15) is 4.79 Å². The van der Waals surface area contributed by atoms with Crippen LogP contribution in [-0.4, -0.2) is 16.8 Å². The molecule has 3 aromatic rings. The standard InChI is InChI=1S/C20H19ClN2O3S/c1-13-15(14(2)26-23-13)11-27-12-20(24)22-17-8-4-6-10-19(17)25-18-9-5-3-7-16(18)21/h3-10H,11-12H2,1-2H3,(H,22,24). The van der Waals surface area contributed by atoms with Crippen LogP contribution in [0, 0.1) is 13.8 Å². The second-order valence-corrected chi connectivity index (χ2v) is 7.27. The van der Waals surface area contributed by atoms with Crippen molar-refractivity contribution in [2.75, 3.05) is 11.1 Å². The number of nitrogens with one attached hydrogen (secondary N) is 1. The third-order valence-electron chi connectivity index (χ3n) is 3.88. The summed E-state index contributed by atoms with van der Waals surface area (Å²) < 4.78 is 11.0. The van der Waals surface area contributed by atoms with Crippen molar-refractivity contribution < 1.29 is 14.1 Å². The third kappa shape index (κ3) is 5.05. The van der Waals surface area contributed by atoms with Crippen LogP contribution >= 0.6 is 23.4 Å². The second kappa shape index (κ2) is 8.97. The van der Waals surface area contributed by atoms with Gasteiger partial charge in [-0.2, -0.15) is 0 Å².